The van der Waals surface area contributed by atoms with Crippen LogP contribution in [-0.2, 0) is 14.2 Å². The molecule has 0 N–H and O–H groups in total. The van der Waals surface area contributed by atoms with Crippen molar-refractivity contribution in [3.63, 3.8) is 0 Å². The van der Waals surface area contributed by atoms with Crippen LogP contribution in [0.15, 0.2) is 24.3 Å². The van der Waals surface area contributed by atoms with Crippen molar-refractivity contribution in [1.82, 2.24) is 0 Å². The molecule has 0 bridgehead atoms. The predicted molar refractivity (Wildman–Crippen MR) is 92.6 cm³/mol. The number of para-hydroxylation sites is 2. The minimum absolute atomic E-state index is 0.220. The molecular weight excluding hydrogens is 308 g/mol. The van der Waals surface area contributed by atoms with E-state index in [0.717, 1.165) is 37.4 Å². The van der Waals surface area contributed by atoms with Gasteiger partial charge in [0.1, 0.15) is 0 Å². The summed E-state index contributed by atoms with van der Waals surface area (Å²) in [5.41, 5.74) is 0. The second-order valence-electron chi connectivity index (χ2n) is 6.01. The van der Waals surface area contributed by atoms with Crippen molar-refractivity contribution in [1.29, 1.82) is 0 Å². The molecule has 0 aliphatic carbocycles. The van der Waals surface area contributed by atoms with E-state index < -0.39 is 0 Å². The summed E-state index contributed by atoms with van der Waals surface area (Å²) in [5.74, 6) is 1.92. The molecule has 1 aromatic carbocycles. The molecule has 0 aromatic heterocycles. The zero-order valence-corrected chi connectivity index (χ0v) is 14.9. The highest BCUT2D eigenvalue weighted by Gasteiger charge is 2.28. The van der Waals surface area contributed by atoms with Gasteiger partial charge in [-0.25, -0.2) is 0 Å². The molecule has 1 unspecified atom stereocenters. The molecular formula is C19H30O5. The van der Waals surface area contributed by atoms with Gasteiger partial charge in [0.15, 0.2) is 11.5 Å². The van der Waals surface area contributed by atoms with Crippen LogP contribution in [0.1, 0.15) is 33.1 Å². The third kappa shape index (κ3) is 6.67. The molecule has 1 aromatic rings. The van der Waals surface area contributed by atoms with Crippen LogP contribution in [0.2, 0.25) is 0 Å². The fraction of sp³-hybridized carbons (Fsp3) is 0.684. The molecule has 136 valence electrons. The summed E-state index contributed by atoms with van der Waals surface area (Å²) in [6.07, 6.45) is 2.94. The summed E-state index contributed by atoms with van der Waals surface area (Å²) in [6, 6.07) is 7.77. The van der Waals surface area contributed by atoms with Gasteiger partial charge >= 0.3 is 0 Å². The van der Waals surface area contributed by atoms with E-state index in [1.165, 1.54) is 0 Å². The Bertz CT molecular complexity index is 426. The molecule has 0 saturated heterocycles. The summed E-state index contributed by atoms with van der Waals surface area (Å²) in [4.78, 5) is 0. The summed E-state index contributed by atoms with van der Waals surface area (Å²) in [6.45, 7) is 8.27. The molecule has 1 aliphatic heterocycles. The van der Waals surface area contributed by atoms with Crippen LogP contribution < -0.4 is 9.47 Å². The molecule has 0 radical (unpaired) electrons. The number of fused-ring (bicyclic) bond motifs is 1. The van der Waals surface area contributed by atoms with E-state index in [-0.39, 0.29) is 12.2 Å². The third-order valence-corrected chi connectivity index (χ3v) is 3.90. The Balaban J connectivity index is 1.43. The van der Waals surface area contributed by atoms with Gasteiger partial charge in [0.2, 0.25) is 6.29 Å². The maximum Gasteiger partial charge on any atom is 0.244 e. The van der Waals surface area contributed by atoms with Crippen molar-refractivity contribution in [3.8, 4) is 11.5 Å². The van der Waals surface area contributed by atoms with Crippen molar-refractivity contribution >= 4 is 0 Å². The average Bonchev–Trinajstić information content (AvgIpc) is 3.04. The molecule has 0 fully saturated rings. The van der Waals surface area contributed by atoms with Crippen LogP contribution in [0.3, 0.4) is 0 Å². The smallest absolute Gasteiger partial charge is 0.244 e. The molecule has 1 atom stereocenters. The van der Waals surface area contributed by atoms with E-state index in [1.54, 1.807) is 0 Å². The van der Waals surface area contributed by atoms with Gasteiger partial charge in [0, 0.05) is 19.1 Å². The van der Waals surface area contributed by atoms with Gasteiger partial charge in [-0.05, 0) is 25.0 Å². The van der Waals surface area contributed by atoms with Crippen LogP contribution in [0.5, 0.6) is 11.5 Å². The SMILES string of the molecule is CCCCOCCOCCOCCC(C)C1Oc2ccccc2O1. The zero-order chi connectivity index (χ0) is 17.0. The lowest BCUT2D eigenvalue weighted by Crippen LogP contribution is -2.27. The molecule has 5 nitrogen and oxygen atoms in total. The molecule has 1 aliphatic rings. The van der Waals surface area contributed by atoms with E-state index in [2.05, 4.69) is 13.8 Å². The number of rotatable bonds is 13. The lowest BCUT2D eigenvalue weighted by molar-refractivity contribution is -0.0193. The van der Waals surface area contributed by atoms with Crippen molar-refractivity contribution in [2.75, 3.05) is 39.6 Å². The number of benzene rings is 1. The Morgan fingerprint density at radius 3 is 2.00 bits per heavy atom. The van der Waals surface area contributed by atoms with E-state index >= 15 is 0 Å². The Hall–Kier alpha value is -1.30. The first-order valence-corrected chi connectivity index (χ1v) is 8.97. The number of unbranched alkanes of at least 4 members (excludes halogenated alkanes) is 1. The van der Waals surface area contributed by atoms with E-state index in [0.29, 0.717) is 33.0 Å². The average molecular weight is 338 g/mol. The quantitative estimate of drug-likeness (QED) is 0.514. The van der Waals surface area contributed by atoms with E-state index in [1.807, 2.05) is 24.3 Å². The highest BCUT2D eigenvalue weighted by atomic mass is 16.7. The Kier molecular flexibility index (Phi) is 8.95. The van der Waals surface area contributed by atoms with Crippen LogP contribution in [0.25, 0.3) is 0 Å². The minimum atomic E-state index is -0.220. The van der Waals surface area contributed by atoms with Gasteiger partial charge in [-0.1, -0.05) is 32.4 Å². The first kappa shape index (κ1) is 19.0. The molecule has 5 heteroatoms. The monoisotopic (exact) mass is 338 g/mol. The number of ether oxygens (including phenoxy) is 5. The lowest BCUT2D eigenvalue weighted by Gasteiger charge is -2.18. The summed E-state index contributed by atoms with van der Waals surface area (Å²) < 4.78 is 28.1. The van der Waals surface area contributed by atoms with Gasteiger partial charge < -0.3 is 23.7 Å². The van der Waals surface area contributed by atoms with Gasteiger partial charge in [0.25, 0.3) is 0 Å². The highest BCUT2D eigenvalue weighted by molar-refractivity contribution is 5.41. The van der Waals surface area contributed by atoms with Crippen LogP contribution in [-0.4, -0.2) is 45.9 Å². The summed E-state index contributed by atoms with van der Waals surface area (Å²) >= 11 is 0. The van der Waals surface area contributed by atoms with Crippen LogP contribution >= 0.6 is 0 Å². The molecule has 0 saturated carbocycles. The zero-order valence-electron chi connectivity index (χ0n) is 14.9. The van der Waals surface area contributed by atoms with Gasteiger partial charge in [-0.2, -0.15) is 0 Å². The van der Waals surface area contributed by atoms with E-state index in [9.17, 15) is 0 Å². The first-order chi connectivity index (χ1) is 11.8. The maximum absolute atomic E-state index is 5.80. The lowest BCUT2D eigenvalue weighted by atomic mass is 10.1. The first-order valence-electron chi connectivity index (χ1n) is 8.97. The molecule has 1 heterocycles. The third-order valence-electron chi connectivity index (χ3n) is 3.90. The maximum atomic E-state index is 5.80. The number of hydrogen-bond donors (Lipinski definition) is 0. The second-order valence-corrected chi connectivity index (χ2v) is 6.01. The molecule has 2 rings (SSSR count). The van der Waals surface area contributed by atoms with Gasteiger partial charge in [-0.15, -0.1) is 0 Å². The van der Waals surface area contributed by atoms with Crippen molar-refractivity contribution in [2.24, 2.45) is 5.92 Å². The predicted octanol–water partition coefficient (Wildman–Crippen LogP) is 3.66. The second kappa shape index (κ2) is 11.3. The van der Waals surface area contributed by atoms with Gasteiger partial charge in [-0.3, -0.25) is 0 Å². The summed E-state index contributed by atoms with van der Waals surface area (Å²) in [7, 11) is 0. The largest absolute Gasteiger partial charge is 0.451 e. The van der Waals surface area contributed by atoms with Crippen molar-refractivity contribution in [3.05, 3.63) is 24.3 Å². The highest BCUT2D eigenvalue weighted by Crippen LogP contribution is 2.36. The van der Waals surface area contributed by atoms with Gasteiger partial charge in [0.05, 0.1) is 26.4 Å². The van der Waals surface area contributed by atoms with Crippen molar-refractivity contribution in [2.45, 2.75) is 39.4 Å². The fourth-order valence-electron chi connectivity index (χ4n) is 2.35. The molecule has 0 spiro atoms. The number of hydrogen-bond acceptors (Lipinski definition) is 5. The fourth-order valence-corrected chi connectivity index (χ4v) is 2.35. The topological polar surface area (TPSA) is 46.2 Å². The van der Waals surface area contributed by atoms with Crippen LogP contribution in [0.4, 0.5) is 0 Å². The standard InChI is InChI=1S/C19H30O5/c1-3-4-10-20-12-14-22-15-13-21-11-9-16(2)19-23-17-7-5-6-8-18(17)24-19/h5-8,16,19H,3-4,9-15H2,1-2H3. The Morgan fingerprint density at radius 1 is 0.875 bits per heavy atom. The van der Waals surface area contributed by atoms with E-state index in [4.69, 9.17) is 23.7 Å². The summed E-state index contributed by atoms with van der Waals surface area (Å²) in [5, 5.41) is 0. The van der Waals surface area contributed by atoms with Crippen LogP contribution in [0, 0.1) is 5.92 Å². The Labute approximate surface area is 145 Å². The molecule has 24 heavy (non-hydrogen) atoms. The normalized spacial score (nSPS) is 14.9. The van der Waals surface area contributed by atoms with Crippen molar-refractivity contribution < 1.29 is 23.7 Å². The minimum Gasteiger partial charge on any atom is -0.451 e. The Morgan fingerprint density at radius 2 is 1.42 bits per heavy atom. The molecule has 0 amide bonds.